The normalized spacial score (nSPS) is 19.3. The molecule has 1 aliphatic heterocycles. The molecule has 0 saturated carbocycles. The average Bonchev–Trinajstić information content (AvgIpc) is 2.47. The molecule has 0 unspecified atom stereocenters. The second kappa shape index (κ2) is 5.94. The topological polar surface area (TPSA) is 44.5 Å². The molecule has 0 atom stereocenters. The molecule has 3 nitrogen and oxygen atoms in total. The maximum absolute atomic E-state index is 14.0. The monoisotopic (exact) mass is 271 g/mol. The van der Waals surface area contributed by atoms with Gasteiger partial charge in [0, 0.05) is 38.2 Å². The van der Waals surface area contributed by atoms with Crippen molar-refractivity contribution in [2.75, 3.05) is 26.4 Å². The fourth-order valence-corrected chi connectivity index (χ4v) is 2.16. The van der Waals surface area contributed by atoms with Crippen LogP contribution in [-0.2, 0) is 15.4 Å². The minimum atomic E-state index is -3.00. The van der Waals surface area contributed by atoms with E-state index >= 15 is 0 Å². The first-order valence-corrected chi connectivity index (χ1v) is 6.43. The Balaban J connectivity index is 2.00. The van der Waals surface area contributed by atoms with E-state index in [9.17, 15) is 8.78 Å². The van der Waals surface area contributed by atoms with Gasteiger partial charge in [0.15, 0.2) is 0 Å². The number of halogens is 2. The van der Waals surface area contributed by atoms with Gasteiger partial charge in [-0.05, 0) is 0 Å². The van der Waals surface area contributed by atoms with E-state index in [-0.39, 0.29) is 12.1 Å². The van der Waals surface area contributed by atoms with E-state index in [1.165, 1.54) is 12.1 Å². The molecule has 1 aromatic rings. The smallest absolute Gasteiger partial charge is 0.296 e. The van der Waals surface area contributed by atoms with Crippen LogP contribution in [0.3, 0.4) is 0 Å². The number of rotatable bonds is 5. The van der Waals surface area contributed by atoms with Gasteiger partial charge in [-0.2, -0.15) is 8.78 Å². The van der Waals surface area contributed by atoms with E-state index < -0.39 is 18.1 Å². The largest absolute Gasteiger partial charge is 0.381 e. The summed E-state index contributed by atoms with van der Waals surface area (Å²) >= 11 is 0. The van der Waals surface area contributed by atoms with Crippen molar-refractivity contribution < 1.29 is 18.3 Å². The molecule has 0 amide bonds. The molecule has 1 saturated heterocycles. The van der Waals surface area contributed by atoms with Gasteiger partial charge in [0.1, 0.15) is 6.61 Å². The van der Waals surface area contributed by atoms with Crippen LogP contribution in [0.2, 0.25) is 0 Å². The van der Waals surface area contributed by atoms with Crippen molar-refractivity contribution in [1.29, 1.82) is 0 Å². The predicted octanol–water partition coefficient (Wildman–Crippen LogP) is 2.30. The van der Waals surface area contributed by atoms with Crippen molar-refractivity contribution in [2.24, 2.45) is 5.73 Å². The molecule has 1 fully saturated rings. The Bertz CT molecular complexity index is 392. The molecule has 0 aliphatic carbocycles. The summed E-state index contributed by atoms with van der Waals surface area (Å²) < 4.78 is 38.7. The molecule has 2 rings (SSSR count). The lowest BCUT2D eigenvalue weighted by Gasteiger charge is -2.37. The molecular weight excluding hydrogens is 252 g/mol. The maximum Gasteiger partial charge on any atom is 0.296 e. The minimum absolute atomic E-state index is 0.0331. The van der Waals surface area contributed by atoms with E-state index in [1.54, 1.807) is 18.2 Å². The quantitative estimate of drug-likeness (QED) is 0.893. The third-order valence-corrected chi connectivity index (χ3v) is 3.53. The molecule has 0 bridgehead atoms. The van der Waals surface area contributed by atoms with Gasteiger partial charge in [0.25, 0.3) is 5.92 Å². The van der Waals surface area contributed by atoms with Crippen molar-refractivity contribution in [3.8, 4) is 0 Å². The van der Waals surface area contributed by atoms with Crippen molar-refractivity contribution in [1.82, 2.24) is 0 Å². The highest BCUT2D eigenvalue weighted by Gasteiger charge is 2.38. The van der Waals surface area contributed by atoms with E-state index in [0.29, 0.717) is 26.1 Å². The third kappa shape index (κ3) is 3.49. The number of hydrogen-bond acceptors (Lipinski definition) is 3. The van der Waals surface area contributed by atoms with Gasteiger partial charge in [-0.15, -0.1) is 0 Å². The van der Waals surface area contributed by atoms with Crippen molar-refractivity contribution in [3.05, 3.63) is 35.9 Å². The van der Waals surface area contributed by atoms with Crippen molar-refractivity contribution in [3.63, 3.8) is 0 Å². The van der Waals surface area contributed by atoms with Crippen molar-refractivity contribution in [2.45, 2.75) is 24.4 Å². The van der Waals surface area contributed by atoms with Gasteiger partial charge in [-0.3, -0.25) is 0 Å². The Hall–Kier alpha value is -1.04. The van der Waals surface area contributed by atoms with Crippen LogP contribution in [0.15, 0.2) is 30.3 Å². The number of nitrogens with two attached hydrogens (primary N) is 1. The van der Waals surface area contributed by atoms with E-state index in [0.717, 1.165) is 0 Å². The summed E-state index contributed by atoms with van der Waals surface area (Å²) in [5.41, 5.74) is 4.98. The summed E-state index contributed by atoms with van der Waals surface area (Å²) in [6.07, 6.45) is 1.13. The van der Waals surface area contributed by atoms with Crippen LogP contribution in [0.1, 0.15) is 18.4 Å². The first-order valence-electron chi connectivity index (χ1n) is 6.43. The molecule has 19 heavy (non-hydrogen) atoms. The summed E-state index contributed by atoms with van der Waals surface area (Å²) in [5, 5.41) is 0. The fraction of sp³-hybridized carbons (Fsp3) is 0.571. The lowest BCUT2D eigenvalue weighted by molar-refractivity contribution is -0.166. The van der Waals surface area contributed by atoms with Crippen LogP contribution in [0.25, 0.3) is 0 Å². The highest BCUT2D eigenvalue weighted by molar-refractivity contribution is 5.20. The molecule has 1 aliphatic rings. The lowest BCUT2D eigenvalue weighted by atomic mass is 9.94. The fourth-order valence-electron chi connectivity index (χ4n) is 2.16. The van der Waals surface area contributed by atoms with Gasteiger partial charge in [-0.25, -0.2) is 0 Å². The van der Waals surface area contributed by atoms with Gasteiger partial charge in [-0.1, -0.05) is 30.3 Å². The zero-order valence-electron chi connectivity index (χ0n) is 10.8. The summed E-state index contributed by atoms with van der Waals surface area (Å²) in [6.45, 7) is 0.609. The standard InChI is InChI=1S/C14H19F2NO2/c15-14(16,12-4-2-1-3-5-12)11-19-13(10-17)6-8-18-9-7-13/h1-5H,6-11,17H2. The van der Waals surface area contributed by atoms with E-state index in [1.807, 2.05) is 0 Å². The SMILES string of the molecule is NCC1(OCC(F)(F)c2ccccc2)CCOCC1. The summed E-state index contributed by atoms with van der Waals surface area (Å²) in [7, 11) is 0. The molecule has 0 aromatic heterocycles. The zero-order valence-corrected chi connectivity index (χ0v) is 10.8. The first kappa shape index (κ1) is 14.4. The third-order valence-electron chi connectivity index (χ3n) is 3.53. The minimum Gasteiger partial charge on any atom is -0.381 e. The van der Waals surface area contributed by atoms with E-state index in [4.69, 9.17) is 15.2 Å². The molecule has 106 valence electrons. The van der Waals surface area contributed by atoms with Gasteiger partial charge < -0.3 is 15.2 Å². The Morgan fingerprint density at radius 3 is 2.42 bits per heavy atom. The maximum atomic E-state index is 14.0. The number of hydrogen-bond donors (Lipinski definition) is 1. The zero-order chi connectivity index (χ0) is 13.8. The Labute approximate surface area is 111 Å². The number of alkyl halides is 2. The second-order valence-electron chi connectivity index (χ2n) is 4.86. The molecule has 0 spiro atoms. The Morgan fingerprint density at radius 2 is 1.84 bits per heavy atom. The van der Waals surface area contributed by atoms with Crippen LogP contribution < -0.4 is 5.73 Å². The van der Waals surface area contributed by atoms with Crippen LogP contribution in [0.5, 0.6) is 0 Å². The molecule has 5 heteroatoms. The highest BCUT2D eigenvalue weighted by atomic mass is 19.3. The van der Waals surface area contributed by atoms with Crippen LogP contribution in [0.4, 0.5) is 8.78 Å². The molecular formula is C14H19F2NO2. The van der Waals surface area contributed by atoms with Crippen LogP contribution in [-0.4, -0.2) is 32.0 Å². The number of ether oxygens (including phenoxy) is 2. The van der Waals surface area contributed by atoms with Gasteiger partial charge in [0.05, 0.1) is 5.60 Å². The Morgan fingerprint density at radius 1 is 1.21 bits per heavy atom. The highest BCUT2D eigenvalue weighted by Crippen LogP contribution is 2.32. The average molecular weight is 271 g/mol. The lowest BCUT2D eigenvalue weighted by Crippen LogP contribution is -2.47. The van der Waals surface area contributed by atoms with Gasteiger partial charge >= 0.3 is 0 Å². The van der Waals surface area contributed by atoms with Crippen LogP contribution in [0, 0.1) is 0 Å². The first-order chi connectivity index (χ1) is 9.08. The number of benzene rings is 1. The van der Waals surface area contributed by atoms with Crippen molar-refractivity contribution >= 4 is 0 Å². The summed E-state index contributed by atoms with van der Waals surface area (Å²) in [5.74, 6) is -3.00. The van der Waals surface area contributed by atoms with E-state index in [2.05, 4.69) is 0 Å². The second-order valence-corrected chi connectivity index (χ2v) is 4.86. The molecule has 1 aromatic carbocycles. The molecule has 2 N–H and O–H groups in total. The Kier molecular flexibility index (Phi) is 4.50. The summed E-state index contributed by atoms with van der Waals surface area (Å²) in [4.78, 5) is 0. The molecule has 0 radical (unpaired) electrons. The van der Waals surface area contributed by atoms with Gasteiger partial charge in [0.2, 0.25) is 0 Å². The summed E-state index contributed by atoms with van der Waals surface area (Å²) in [6, 6.07) is 7.71. The van der Waals surface area contributed by atoms with Crippen LogP contribution >= 0.6 is 0 Å². The molecule has 1 heterocycles. The predicted molar refractivity (Wildman–Crippen MR) is 68.1 cm³/mol.